The predicted molar refractivity (Wildman–Crippen MR) is 83.4 cm³/mol. The maximum absolute atomic E-state index is 12.3. The van der Waals surface area contributed by atoms with E-state index in [4.69, 9.17) is 19.9 Å². The van der Waals surface area contributed by atoms with E-state index in [9.17, 15) is 8.42 Å². The standard InChI is InChI=1S/C13H16N4O5S/c1-20-10-11(21-2)15-13(16-12(10)22-3)17-23(18,19)9-6-4-8(14)5-7-9/h4-7H,14H2,1-3H3,(H,15,16,17). The predicted octanol–water partition coefficient (Wildman–Crippen LogP) is 0.885. The summed E-state index contributed by atoms with van der Waals surface area (Å²) >= 11 is 0. The molecule has 2 aromatic rings. The molecule has 9 nitrogen and oxygen atoms in total. The van der Waals surface area contributed by atoms with Gasteiger partial charge in [-0.05, 0) is 24.3 Å². The Bertz CT molecular complexity index is 768. The Morgan fingerprint density at radius 1 is 0.957 bits per heavy atom. The molecule has 0 amide bonds. The van der Waals surface area contributed by atoms with Gasteiger partial charge in [0.15, 0.2) is 0 Å². The molecule has 1 aromatic carbocycles. The number of rotatable bonds is 6. The fourth-order valence-corrected chi connectivity index (χ4v) is 2.68. The van der Waals surface area contributed by atoms with E-state index < -0.39 is 10.0 Å². The third-order valence-corrected chi connectivity index (χ3v) is 4.15. The van der Waals surface area contributed by atoms with E-state index in [1.54, 1.807) is 0 Å². The zero-order chi connectivity index (χ0) is 17.0. The van der Waals surface area contributed by atoms with Gasteiger partial charge in [0.1, 0.15) is 0 Å². The van der Waals surface area contributed by atoms with Gasteiger partial charge in [-0.15, -0.1) is 0 Å². The highest BCUT2D eigenvalue weighted by atomic mass is 32.2. The number of hydrogen-bond donors (Lipinski definition) is 2. The first-order valence-electron chi connectivity index (χ1n) is 6.33. The van der Waals surface area contributed by atoms with E-state index >= 15 is 0 Å². The highest BCUT2D eigenvalue weighted by Gasteiger charge is 2.21. The molecule has 124 valence electrons. The van der Waals surface area contributed by atoms with Crippen molar-refractivity contribution in [2.24, 2.45) is 0 Å². The third-order valence-electron chi connectivity index (χ3n) is 2.81. The number of sulfonamides is 1. The monoisotopic (exact) mass is 340 g/mol. The highest BCUT2D eigenvalue weighted by Crippen LogP contribution is 2.34. The Morgan fingerprint density at radius 2 is 1.48 bits per heavy atom. The summed E-state index contributed by atoms with van der Waals surface area (Å²) in [5, 5.41) is 0. The number of nitrogen functional groups attached to an aromatic ring is 1. The van der Waals surface area contributed by atoms with Gasteiger partial charge in [-0.2, -0.15) is 9.97 Å². The molecule has 2 rings (SSSR count). The van der Waals surface area contributed by atoms with Gasteiger partial charge in [0.2, 0.25) is 11.7 Å². The number of nitrogens with zero attached hydrogens (tertiary/aromatic N) is 2. The first-order valence-corrected chi connectivity index (χ1v) is 7.82. The number of ether oxygens (including phenoxy) is 3. The Morgan fingerprint density at radius 3 is 1.91 bits per heavy atom. The minimum Gasteiger partial charge on any atom is -0.487 e. The summed E-state index contributed by atoms with van der Waals surface area (Å²) in [7, 11) is 0.236. The molecule has 0 radical (unpaired) electrons. The molecule has 0 aliphatic heterocycles. The van der Waals surface area contributed by atoms with Crippen LogP contribution in [-0.4, -0.2) is 39.7 Å². The van der Waals surface area contributed by atoms with Crippen molar-refractivity contribution in [3.05, 3.63) is 24.3 Å². The number of nitrogens with two attached hydrogens (primary N) is 1. The Labute approximate surface area is 133 Å². The molecule has 0 unspecified atom stereocenters. The number of nitrogens with one attached hydrogen (secondary N) is 1. The number of anilines is 2. The first-order chi connectivity index (χ1) is 10.9. The first kappa shape index (κ1) is 16.6. The van der Waals surface area contributed by atoms with Crippen molar-refractivity contribution < 1.29 is 22.6 Å². The van der Waals surface area contributed by atoms with E-state index in [1.807, 2.05) is 0 Å². The minimum absolute atomic E-state index is 0.0176. The average molecular weight is 340 g/mol. The van der Waals surface area contributed by atoms with Crippen molar-refractivity contribution >= 4 is 21.7 Å². The fraction of sp³-hybridized carbons (Fsp3) is 0.231. The molecule has 0 aliphatic rings. The lowest BCUT2D eigenvalue weighted by Crippen LogP contribution is -2.16. The Kier molecular flexibility index (Phi) is 4.74. The number of benzene rings is 1. The van der Waals surface area contributed by atoms with Crippen LogP contribution in [0.5, 0.6) is 17.5 Å². The number of hydrogen-bond acceptors (Lipinski definition) is 8. The van der Waals surface area contributed by atoms with Crippen LogP contribution in [0.3, 0.4) is 0 Å². The SMILES string of the molecule is COc1nc(NS(=O)(=O)c2ccc(N)cc2)nc(OC)c1OC. The van der Waals surface area contributed by atoms with Gasteiger partial charge in [-0.3, -0.25) is 0 Å². The van der Waals surface area contributed by atoms with Crippen LogP contribution < -0.4 is 24.7 Å². The van der Waals surface area contributed by atoms with E-state index in [1.165, 1.54) is 45.6 Å². The van der Waals surface area contributed by atoms with Gasteiger partial charge >= 0.3 is 0 Å². The summed E-state index contributed by atoms with van der Waals surface area (Å²) in [4.78, 5) is 7.91. The van der Waals surface area contributed by atoms with Crippen molar-refractivity contribution in [1.82, 2.24) is 9.97 Å². The van der Waals surface area contributed by atoms with E-state index in [0.717, 1.165) is 0 Å². The Hall–Kier alpha value is -2.75. The van der Waals surface area contributed by atoms with Crippen molar-refractivity contribution in [2.75, 3.05) is 31.8 Å². The highest BCUT2D eigenvalue weighted by molar-refractivity contribution is 7.92. The molecule has 23 heavy (non-hydrogen) atoms. The van der Waals surface area contributed by atoms with E-state index in [2.05, 4.69) is 14.7 Å². The lowest BCUT2D eigenvalue weighted by molar-refractivity contribution is 0.308. The molecular weight excluding hydrogens is 324 g/mol. The maximum atomic E-state index is 12.3. The quantitative estimate of drug-likeness (QED) is 0.742. The molecule has 0 fully saturated rings. The van der Waals surface area contributed by atoms with Crippen LogP contribution in [0.15, 0.2) is 29.2 Å². The van der Waals surface area contributed by atoms with Crippen molar-refractivity contribution in [1.29, 1.82) is 0 Å². The van der Waals surface area contributed by atoms with Crippen LogP contribution in [0.2, 0.25) is 0 Å². The molecule has 3 N–H and O–H groups in total. The summed E-state index contributed by atoms with van der Waals surface area (Å²) in [6.07, 6.45) is 0. The van der Waals surface area contributed by atoms with Gasteiger partial charge in [0, 0.05) is 5.69 Å². The molecule has 0 saturated heterocycles. The van der Waals surface area contributed by atoms with Gasteiger partial charge in [-0.25, -0.2) is 13.1 Å². The van der Waals surface area contributed by atoms with Gasteiger partial charge < -0.3 is 19.9 Å². The summed E-state index contributed by atoms with van der Waals surface area (Å²) < 4.78 is 42.1. The van der Waals surface area contributed by atoms with E-state index in [-0.39, 0.29) is 28.4 Å². The average Bonchev–Trinajstić information content (AvgIpc) is 2.53. The van der Waals surface area contributed by atoms with Crippen LogP contribution in [-0.2, 0) is 10.0 Å². The lowest BCUT2D eigenvalue weighted by atomic mass is 10.3. The largest absolute Gasteiger partial charge is 0.487 e. The van der Waals surface area contributed by atoms with Gasteiger partial charge in [0.25, 0.3) is 21.8 Å². The zero-order valence-electron chi connectivity index (χ0n) is 12.7. The van der Waals surface area contributed by atoms with Crippen LogP contribution in [0.25, 0.3) is 0 Å². The van der Waals surface area contributed by atoms with E-state index in [0.29, 0.717) is 5.69 Å². The molecule has 0 bridgehead atoms. The van der Waals surface area contributed by atoms with Gasteiger partial charge in [-0.1, -0.05) is 0 Å². The number of methoxy groups -OCH3 is 3. The molecule has 0 aliphatic carbocycles. The number of aromatic nitrogens is 2. The lowest BCUT2D eigenvalue weighted by Gasteiger charge is -2.12. The second-order valence-electron chi connectivity index (χ2n) is 4.27. The molecular formula is C13H16N4O5S. The van der Waals surface area contributed by atoms with Crippen molar-refractivity contribution in [3.8, 4) is 17.5 Å². The molecule has 0 spiro atoms. The van der Waals surface area contributed by atoms with Crippen LogP contribution in [0, 0.1) is 0 Å². The summed E-state index contributed by atoms with van der Waals surface area (Å²) in [5.74, 6) is 0.0190. The van der Waals surface area contributed by atoms with Crippen LogP contribution >= 0.6 is 0 Å². The molecule has 1 heterocycles. The van der Waals surface area contributed by atoms with Crippen LogP contribution in [0.4, 0.5) is 11.6 Å². The smallest absolute Gasteiger partial charge is 0.265 e. The molecule has 0 saturated carbocycles. The van der Waals surface area contributed by atoms with Crippen molar-refractivity contribution in [2.45, 2.75) is 4.90 Å². The van der Waals surface area contributed by atoms with Crippen LogP contribution in [0.1, 0.15) is 0 Å². The van der Waals surface area contributed by atoms with Crippen molar-refractivity contribution in [3.63, 3.8) is 0 Å². The second-order valence-corrected chi connectivity index (χ2v) is 5.96. The summed E-state index contributed by atoms with van der Waals surface area (Å²) in [6.45, 7) is 0. The summed E-state index contributed by atoms with van der Waals surface area (Å²) in [5.41, 5.74) is 6.00. The molecule has 10 heteroatoms. The molecule has 0 atom stereocenters. The Balaban J connectivity index is 2.41. The fourth-order valence-electron chi connectivity index (χ4n) is 1.73. The zero-order valence-corrected chi connectivity index (χ0v) is 13.5. The maximum Gasteiger partial charge on any atom is 0.265 e. The van der Waals surface area contributed by atoms with Gasteiger partial charge in [0.05, 0.1) is 26.2 Å². The summed E-state index contributed by atoms with van der Waals surface area (Å²) in [6, 6.07) is 5.69. The topological polar surface area (TPSA) is 126 Å². The third kappa shape index (κ3) is 3.54. The second kappa shape index (κ2) is 6.57. The minimum atomic E-state index is -3.88. The molecule has 1 aromatic heterocycles. The normalized spacial score (nSPS) is 10.9.